The van der Waals surface area contributed by atoms with Crippen LogP contribution in [0.2, 0.25) is 0 Å². The van der Waals surface area contributed by atoms with Crippen molar-refractivity contribution in [1.82, 2.24) is 0 Å². The molecule has 0 aromatic heterocycles. The predicted octanol–water partition coefficient (Wildman–Crippen LogP) is 29.5. The van der Waals surface area contributed by atoms with Crippen molar-refractivity contribution in [3.63, 3.8) is 0 Å². The minimum absolute atomic E-state index is 0.818. The summed E-state index contributed by atoms with van der Waals surface area (Å²) in [5.41, 5.74) is 5.89. The molecule has 0 heterocycles. The lowest BCUT2D eigenvalue weighted by molar-refractivity contribution is 0.243. The molecule has 0 spiro atoms. The second-order valence-electron chi connectivity index (χ2n) is 36.3. The highest BCUT2D eigenvalue weighted by atomic mass is 16.5. The van der Waals surface area contributed by atoms with Crippen LogP contribution in [0, 0.1) is 136 Å². The van der Waals surface area contributed by atoms with Gasteiger partial charge in [0.2, 0.25) is 0 Å². The molecule has 16 bridgehead atoms. The minimum Gasteiger partial charge on any atom is -0.493 e. The largest absolute Gasteiger partial charge is 0.493 e. The topological polar surface area (TPSA) is 9.23 Å². The Hall–Kier alpha value is -4.10. The molecule has 9 saturated carbocycles. The first-order chi connectivity index (χ1) is 49.8. The Kier molecular flexibility index (Phi) is 30.3. The van der Waals surface area contributed by atoms with Gasteiger partial charge in [-0.05, 0) is 290 Å². The van der Waals surface area contributed by atoms with Gasteiger partial charge in [0, 0.05) is 5.56 Å². The Labute approximate surface area is 621 Å². The van der Waals surface area contributed by atoms with Crippen LogP contribution in [0.3, 0.4) is 0 Å². The van der Waals surface area contributed by atoms with Crippen LogP contribution in [-0.4, -0.2) is 6.61 Å². The van der Waals surface area contributed by atoms with Crippen LogP contribution in [0.1, 0.15) is 298 Å². The molecule has 101 heavy (non-hydrogen) atoms. The Bertz CT molecular complexity index is 3030. The number of allylic oxidation sites excluding steroid dienone is 18. The van der Waals surface area contributed by atoms with Crippen LogP contribution in [0.25, 0.3) is 11.1 Å². The number of unbranched alkanes of at least 4 members (excludes halogenated alkanes) is 16. The highest BCUT2D eigenvalue weighted by molar-refractivity contribution is 5.70. The zero-order valence-corrected chi connectivity index (χ0v) is 65.6. The number of ether oxygens (including phenoxy) is 1. The van der Waals surface area contributed by atoms with E-state index in [2.05, 4.69) is 193 Å². The van der Waals surface area contributed by atoms with Crippen molar-refractivity contribution in [2.45, 2.75) is 298 Å². The van der Waals surface area contributed by atoms with Crippen molar-refractivity contribution < 1.29 is 4.74 Å². The van der Waals surface area contributed by atoms with Gasteiger partial charge >= 0.3 is 0 Å². The number of hydrogen-bond acceptors (Lipinski definition) is 1. The summed E-state index contributed by atoms with van der Waals surface area (Å²) in [4.78, 5) is 0. The highest BCUT2D eigenvalue weighted by Crippen LogP contribution is 2.67. The summed E-state index contributed by atoms with van der Waals surface area (Å²) in [6.07, 6.45) is 97.3. The van der Waals surface area contributed by atoms with Gasteiger partial charge in [-0.25, -0.2) is 0 Å². The molecule has 1 nitrogen and oxygen atoms in total. The average Bonchev–Trinajstić information content (AvgIpc) is 1.55. The fourth-order valence-electron chi connectivity index (χ4n) is 24.1. The zero-order chi connectivity index (χ0) is 69.5. The molecule has 0 radical (unpaired) electrons. The van der Waals surface area contributed by atoms with E-state index in [1.165, 1.54) is 268 Å². The predicted molar refractivity (Wildman–Crippen MR) is 437 cm³/mol. The van der Waals surface area contributed by atoms with E-state index in [-0.39, 0.29) is 0 Å². The maximum absolute atomic E-state index is 6.14. The third-order valence-electron chi connectivity index (χ3n) is 29.5. The van der Waals surface area contributed by atoms with Crippen molar-refractivity contribution in [1.29, 1.82) is 0 Å². The summed E-state index contributed by atoms with van der Waals surface area (Å²) in [5, 5.41) is 0. The van der Waals surface area contributed by atoms with Crippen molar-refractivity contribution in [3.05, 3.63) is 163 Å². The van der Waals surface area contributed by atoms with E-state index in [1.807, 2.05) is 0 Å². The smallest absolute Gasteiger partial charge is 0.127 e. The first-order valence-electron chi connectivity index (χ1n) is 44.6. The number of benzene rings is 2. The maximum atomic E-state index is 6.14. The molecule has 9 fully saturated rings. The molecule has 2 aromatic carbocycles. The molecule has 16 aliphatic rings. The molecule has 0 aliphatic heterocycles. The number of rotatable bonds is 29. The van der Waals surface area contributed by atoms with Gasteiger partial charge in [0.15, 0.2) is 0 Å². The molecule has 23 unspecified atom stereocenters. The SMILES string of the molecule is C/C=C1\CC2C=CC1C2.C/C=C1\CC2CC1C1C3C=CC(C3)C21.C1=CC2CC1CC2CCOc1ccccc1-c1ccccc1.CCCCC1CC2C=CC1C2.CCCCCCC1CC2C=CC1C2.CCCCCCCCC1CC2C=CC1C2.CCCCCCCCCCC1CC2C=CC1C2. The van der Waals surface area contributed by atoms with E-state index in [1.54, 1.807) is 11.1 Å². The van der Waals surface area contributed by atoms with Gasteiger partial charge in [0.05, 0.1) is 6.61 Å². The summed E-state index contributed by atoms with van der Waals surface area (Å²) >= 11 is 0. The van der Waals surface area contributed by atoms with Crippen molar-refractivity contribution in [2.75, 3.05) is 6.61 Å². The lowest BCUT2D eigenvalue weighted by atomic mass is 9.71. The van der Waals surface area contributed by atoms with Gasteiger partial charge in [0.1, 0.15) is 5.75 Å². The summed E-state index contributed by atoms with van der Waals surface area (Å²) in [7, 11) is 0. The van der Waals surface area contributed by atoms with Crippen molar-refractivity contribution >= 4 is 0 Å². The number of para-hydroxylation sites is 1. The second-order valence-corrected chi connectivity index (χ2v) is 36.3. The quantitative estimate of drug-likeness (QED) is 0.0448. The van der Waals surface area contributed by atoms with Crippen LogP contribution in [0.15, 0.2) is 163 Å². The van der Waals surface area contributed by atoms with Crippen LogP contribution in [0.4, 0.5) is 0 Å². The fourth-order valence-corrected chi connectivity index (χ4v) is 24.1. The Morgan fingerprint density at radius 2 is 0.713 bits per heavy atom. The molecule has 0 saturated heterocycles. The molecule has 0 N–H and O–H groups in total. The van der Waals surface area contributed by atoms with Crippen LogP contribution >= 0.6 is 0 Å². The first kappa shape index (κ1) is 76.5. The molecule has 1 heteroatoms. The van der Waals surface area contributed by atoms with E-state index in [0.717, 1.165) is 148 Å². The van der Waals surface area contributed by atoms with Crippen LogP contribution in [0.5, 0.6) is 5.75 Å². The van der Waals surface area contributed by atoms with E-state index in [0.29, 0.717) is 0 Å². The average molecular weight is 1370 g/mol. The van der Waals surface area contributed by atoms with Gasteiger partial charge < -0.3 is 4.74 Å². The van der Waals surface area contributed by atoms with Gasteiger partial charge in [-0.1, -0.05) is 313 Å². The number of fused-ring (bicyclic) bond motifs is 21. The summed E-state index contributed by atoms with van der Waals surface area (Å²) in [6, 6.07) is 18.9. The van der Waals surface area contributed by atoms with Gasteiger partial charge in [-0.15, -0.1) is 0 Å². The van der Waals surface area contributed by atoms with E-state index in [9.17, 15) is 0 Å². The Balaban J connectivity index is 0.000000113. The summed E-state index contributed by atoms with van der Waals surface area (Å²) in [5.74, 6) is 23.5. The third-order valence-corrected chi connectivity index (χ3v) is 29.5. The zero-order valence-electron chi connectivity index (χ0n) is 65.6. The standard InChI is InChI=1S/C21H22O.C17H30.C15H26.C14H18.C13H22.C11H18.C9H12/c1-2-6-17(7-3-1)20-8-4-5-9-21(20)22-13-12-19-15-16-10-11-18(19)14-16;1-2-3-4-5-6-7-8-9-10-16-13-15-11-12-17(16)14-15;1-2-3-4-5-6-7-8-14-11-13-9-10-15(14)12-13;1-2-8-5-11-7-12(8)14-10-4-3-9(6-10)13(11)14;1-2-3-4-5-6-12-9-11-7-8-13(12)10-11;1-2-3-4-10-7-9-5-6-11(10)8-9;1-2-8-5-7-3-4-9(8)6-7/h1-11,16,18-19H,12-15H2;11-12,15-17H,2-10,13-14H2,1H3;9-10,13-15H,2-8,11-12H2,1H3;2-4,9-14H,5-7H2,1H3;7-8,11-13H,2-6,9-10H2,1H3;5-6,9-11H,2-4,7-8H2,1H3;2-4,7,9H,5-6H2,1H3/b;;;8-2+;;;8-2+. The lowest BCUT2D eigenvalue weighted by Gasteiger charge is -2.33. The second kappa shape index (κ2) is 40.0. The van der Waals surface area contributed by atoms with E-state index >= 15 is 0 Å². The molecule has 2 aromatic rings. The van der Waals surface area contributed by atoms with E-state index < -0.39 is 0 Å². The molecule has 0 amide bonds. The maximum Gasteiger partial charge on any atom is 0.127 e. The summed E-state index contributed by atoms with van der Waals surface area (Å²) < 4.78 is 6.14. The molecule has 16 aliphatic carbocycles. The highest BCUT2D eigenvalue weighted by Gasteiger charge is 2.59. The molecular weight excluding hydrogens is 1220 g/mol. The van der Waals surface area contributed by atoms with Gasteiger partial charge in [-0.3, -0.25) is 0 Å². The van der Waals surface area contributed by atoms with Crippen molar-refractivity contribution in [3.8, 4) is 16.9 Å². The molecule has 23 atom stereocenters. The third kappa shape index (κ3) is 21.2. The normalized spacial score (nSPS) is 36.7. The van der Waals surface area contributed by atoms with Crippen LogP contribution in [-0.2, 0) is 0 Å². The monoisotopic (exact) mass is 1370 g/mol. The van der Waals surface area contributed by atoms with Crippen molar-refractivity contribution in [2.24, 2.45) is 136 Å². The van der Waals surface area contributed by atoms with Crippen LogP contribution < -0.4 is 4.74 Å². The minimum atomic E-state index is 0.818. The Morgan fingerprint density at radius 3 is 1.12 bits per heavy atom. The molecular formula is C100H148O. The first-order valence-corrected chi connectivity index (χ1v) is 44.6. The Morgan fingerprint density at radius 1 is 0.317 bits per heavy atom. The molecule has 554 valence electrons. The molecule has 18 rings (SSSR count). The van der Waals surface area contributed by atoms with E-state index in [4.69, 9.17) is 4.74 Å². The number of hydrogen-bond donors (Lipinski definition) is 0. The van der Waals surface area contributed by atoms with Gasteiger partial charge in [-0.2, -0.15) is 0 Å². The summed E-state index contributed by atoms with van der Waals surface area (Å²) in [6.45, 7) is 14.4. The lowest BCUT2D eigenvalue weighted by Crippen LogP contribution is -2.26. The van der Waals surface area contributed by atoms with Gasteiger partial charge in [0.25, 0.3) is 0 Å². The fraction of sp³-hybridized carbons (Fsp3) is 0.700.